The van der Waals surface area contributed by atoms with Crippen molar-refractivity contribution in [1.82, 2.24) is 4.90 Å². The topological polar surface area (TPSA) is 90.3 Å². The number of carbonyl (C=O) groups excluding carboxylic acids is 2. The average Bonchev–Trinajstić information content (AvgIpc) is 3.29. The van der Waals surface area contributed by atoms with Crippen molar-refractivity contribution >= 4 is 41.7 Å². The molecule has 0 bridgehead atoms. The van der Waals surface area contributed by atoms with Gasteiger partial charge < -0.3 is 24.4 Å². The summed E-state index contributed by atoms with van der Waals surface area (Å²) in [4.78, 5) is 42.8. The number of amides is 2. The van der Waals surface area contributed by atoms with Gasteiger partial charge in [-0.05, 0) is 48.8 Å². The molecule has 7 nitrogen and oxygen atoms in total. The van der Waals surface area contributed by atoms with Crippen LogP contribution in [0.4, 0.5) is 5.69 Å². The number of ether oxygens (including phenoxy) is 1. The number of hydrogen-bond donors (Lipinski definition) is 2. The van der Waals surface area contributed by atoms with Crippen LogP contribution in [0.25, 0.3) is 0 Å². The van der Waals surface area contributed by atoms with E-state index in [1.807, 2.05) is 62.5 Å². The molecule has 1 saturated heterocycles. The number of benzene rings is 2. The zero-order chi connectivity index (χ0) is 27.4. The van der Waals surface area contributed by atoms with Gasteiger partial charge in [-0.3, -0.25) is 9.59 Å². The molecular formula is C29H35BrN2O5Si. The molecule has 1 spiro atoms. The van der Waals surface area contributed by atoms with Crippen LogP contribution in [0.5, 0.6) is 0 Å². The molecule has 2 aromatic carbocycles. The number of hydrogen-bond acceptors (Lipinski definition) is 5. The van der Waals surface area contributed by atoms with Crippen molar-refractivity contribution in [2.75, 3.05) is 18.1 Å². The van der Waals surface area contributed by atoms with Gasteiger partial charge in [0.15, 0.2) is 13.9 Å². The Morgan fingerprint density at radius 2 is 1.97 bits per heavy atom. The predicted molar refractivity (Wildman–Crippen MR) is 152 cm³/mol. The van der Waals surface area contributed by atoms with Gasteiger partial charge in [-0.15, -0.1) is 6.58 Å². The lowest BCUT2D eigenvalue weighted by Crippen LogP contribution is -2.48. The second kappa shape index (κ2) is 10.0. The van der Waals surface area contributed by atoms with Crippen LogP contribution in [0.3, 0.4) is 0 Å². The maximum atomic E-state index is 14.1. The Labute approximate surface area is 233 Å². The Kier molecular flexibility index (Phi) is 7.19. The van der Waals surface area contributed by atoms with Gasteiger partial charge in [-0.2, -0.15) is 0 Å². The maximum absolute atomic E-state index is 14.1. The molecule has 3 heterocycles. The molecule has 3 aliphatic heterocycles. The molecule has 0 unspecified atom stereocenters. The first kappa shape index (κ1) is 27.3. The Morgan fingerprint density at radius 1 is 1.26 bits per heavy atom. The summed E-state index contributed by atoms with van der Waals surface area (Å²) >= 11 is 3.55. The highest BCUT2D eigenvalue weighted by Gasteiger charge is 2.66. The van der Waals surface area contributed by atoms with Crippen molar-refractivity contribution in [3.05, 3.63) is 76.3 Å². The minimum Gasteiger partial charge on any atom is -0.432 e. The van der Waals surface area contributed by atoms with Gasteiger partial charge in [0.2, 0.25) is 5.91 Å². The number of nitrogens with zero attached hydrogens (tertiary/aromatic N) is 2. The zero-order valence-corrected chi connectivity index (χ0v) is 24.6. The molecule has 0 saturated carbocycles. The molecule has 5 atom stereocenters. The summed E-state index contributed by atoms with van der Waals surface area (Å²) in [5.41, 5.74) is 2.08. The third-order valence-electron chi connectivity index (χ3n) is 8.52. The van der Waals surface area contributed by atoms with E-state index in [2.05, 4.69) is 22.5 Å². The van der Waals surface area contributed by atoms with Crippen LogP contribution in [-0.4, -0.2) is 60.2 Å². The Bertz CT molecular complexity index is 1280. The minimum absolute atomic E-state index is 0.0322. The first-order valence-corrected chi connectivity index (χ1v) is 16.9. The van der Waals surface area contributed by atoms with Crippen molar-refractivity contribution in [2.24, 2.45) is 5.92 Å². The second-order valence-corrected chi connectivity index (χ2v) is 16.2. The van der Waals surface area contributed by atoms with Crippen molar-refractivity contribution in [3.8, 4) is 0 Å². The van der Waals surface area contributed by atoms with Crippen LogP contribution in [-0.2, 0) is 32.9 Å². The van der Waals surface area contributed by atoms with Gasteiger partial charge in [0.1, 0.15) is 0 Å². The highest BCUT2D eigenvalue weighted by Crippen LogP contribution is 2.60. The third-order valence-corrected chi connectivity index (χ3v) is 11.5. The summed E-state index contributed by atoms with van der Waals surface area (Å²) in [5, 5.41) is 10.1. The zero-order valence-electron chi connectivity index (χ0n) is 22.1. The Balaban J connectivity index is 1.51. The molecule has 0 radical (unpaired) electrons. The van der Waals surface area contributed by atoms with E-state index < -0.39 is 20.0 Å². The van der Waals surface area contributed by atoms with Gasteiger partial charge in [0.25, 0.3) is 5.91 Å². The molecule has 5 rings (SSSR count). The standard InChI is InChI=1S/C29H35BrN2O5Si/c1-5-12-31-24-11-10-21(30)14-23(24)29(28(31)35)18(2)27(38(3,4)36)25(37-29)15-26(34)32-16-20-9-7-6-8-19(20)13-22(32)17-33/h5-11,14,18,22,25,27,33,36H,1,12-13,15-17H2,2-4H3/t18-,22-,25+,27-,29+/m0/s1. The van der Waals surface area contributed by atoms with Crippen LogP contribution in [0.1, 0.15) is 30.0 Å². The summed E-state index contributed by atoms with van der Waals surface area (Å²) in [5.74, 6) is -0.673. The molecule has 2 N–H and O–H groups in total. The normalized spacial score (nSPS) is 28.5. The number of carbonyl (C=O) groups is 2. The number of aliphatic hydroxyl groups excluding tert-OH is 1. The fourth-order valence-electron chi connectivity index (χ4n) is 6.89. The molecule has 0 aliphatic carbocycles. The molecule has 2 amide bonds. The van der Waals surface area contributed by atoms with Gasteiger partial charge in [-0.1, -0.05) is 53.2 Å². The summed E-state index contributed by atoms with van der Waals surface area (Å²) in [6.07, 6.45) is 1.67. The highest BCUT2D eigenvalue weighted by molar-refractivity contribution is 9.10. The van der Waals surface area contributed by atoms with Crippen LogP contribution in [0, 0.1) is 5.92 Å². The molecular weight excluding hydrogens is 564 g/mol. The summed E-state index contributed by atoms with van der Waals surface area (Å²) in [6, 6.07) is 13.4. The van der Waals surface area contributed by atoms with Crippen LogP contribution < -0.4 is 4.90 Å². The smallest absolute Gasteiger partial charge is 0.264 e. The van der Waals surface area contributed by atoms with Crippen LogP contribution in [0.15, 0.2) is 59.6 Å². The fraction of sp³-hybridized carbons (Fsp3) is 0.448. The molecule has 1 fully saturated rings. The van der Waals surface area contributed by atoms with Crippen molar-refractivity contribution in [2.45, 2.75) is 62.7 Å². The van der Waals surface area contributed by atoms with Gasteiger partial charge in [-0.25, -0.2) is 0 Å². The Morgan fingerprint density at radius 3 is 2.63 bits per heavy atom. The molecule has 38 heavy (non-hydrogen) atoms. The van der Waals surface area contributed by atoms with E-state index in [0.717, 1.165) is 26.9 Å². The molecule has 0 aromatic heterocycles. The molecule has 2 aromatic rings. The van der Waals surface area contributed by atoms with E-state index in [9.17, 15) is 19.5 Å². The van der Waals surface area contributed by atoms with Crippen molar-refractivity contribution < 1.29 is 24.2 Å². The van der Waals surface area contributed by atoms with Crippen molar-refractivity contribution in [3.63, 3.8) is 0 Å². The average molecular weight is 600 g/mol. The molecule has 3 aliphatic rings. The summed E-state index contributed by atoms with van der Waals surface area (Å²) in [7, 11) is -2.90. The van der Waals surface area contributed by atoms with E-state index in [0.29, 0.717) is 19.5 Å². The number of halogens is 1. The first-order valence-electron chi connectivity index (χ1n) is 13.1. The van der Waals surface area contributed by atoms with Crippen LogP contribution >= 0.6 is 15.9 Å². The minimum atomic E-state index is -2.90. The number of anilines is 1. The number of rotatable bonds is 6. The van der Waals surface area contributed by atoms with Gasteiger partial charge >= 0.3 is 0 Å². The summed E-state index contributed by atoms with van der Waals surface area (Å²) in [6.45, 7) is 10.1. The quantitative estimate of drug-likeness (QED) is 0.386. The SMILES string of the molecule is C=CCN1C(=O)[C@]2(O[C@H](CC(=O)N3Cc4ccccc4C[C@H]3CO)[C@@H]([Si](C)(C)O)[C@@H]2C)c2cc(Br)ccc21. The largest absolute Gasteiger partial charge is 0.432 e. The highest BCUT2D eigenvalue weighted by atomic mass is 79.9. The summed E-state index contributed by atoms with van der Waals surface area (Å²) < 4.78 is 7.58. The molecule has 202 valence electrons. The fourth-order valence-corrected chi connectivity index (χ4v) is 9.81. The van der Waals surface area contributed by atoms with Gasteiger partial charge in [0, 0.05) is 34.6 Å². The molecule has 9 heteroatoms. The lowest BCUT2D eigenvalue weighted by Gasteiger charge is -2.37. The lowest BCUT2D eigenvalue weighted by molar-refractivity contribution is -0.150. The van der Waals surface area contributed by atoms with Crippen LogP contribution in [0.2, 0.25) is 18.6 Å². The number of fused-ring (bicyclic) bond motifs is 3. The Hall–Kier alpha value is -2.30. The van der Waals surface area contributed by atoms with E-state index >= 15 is 0 Å². The van der Waals surface area contributed by atoms with E-state index in [4.69, 9.17) is 4.74 Å². The monoisotopic (exact) mass is 598 g/mol. The van der Waals surface area contributed by atoms with E-state index in [-0.39, 0.29) is 42.3 Å². The second-order valence-electron chi connectivity index (χ2n) is 11.3. The van der Waals surface area contributed by atoms with E-state index in [1.54, 1.807) is 15.9 Å². The van der Waals surface area contributed by atoms with E-state index in [1.165, 1.54) is 0 Å². The third kappa shape index (κ3) is 4.28. The maximum Gasteiger partial charge on any atom is 0.264 e. The van der Waals surface area contributed by atoms with Gasteiger partial charge in [0.05, 0.1) is 30.9 Å². The van der Waals surface area contributed by atoms with Crippen molar-refractivity contribution in [1.29, 1.82) is 0 Å². The predicted octanol–water partition coefficient (Wildman–Crippen LogP) is 4.12. The first-order chi connectivity index (χ1) is 18.0. The lowest BCUT2D eigenvalue weighted by atomic mass is 9.82. The number of aliphatic hydroxyl groups is 1.